The number of aldehydes is 1. The molecular weight excluding hydrogens is 540 g/mol. The summed E-state index contributed by atoms with van der Waals surface area (Å²) in [7, 11) is 1.73. The molecule has 44 heavy (non-hydrogen) atoms. The van der Waals surface area contributed by atoms with E-state index in [1.54, 1.807) is 13.2 Å². The predicted octanol–water partition coefficient (Wildman–Crippen LogP) is 10.5. The van der Waals surface area contributed by atoms with Crippen molar-refractivity contribution in [1.82, 2.24) is 0 Å². The minimum atomic E-state index is -0.345. The van der Waals surface area contributed by atoms with Crippen LogP contribution in [0.15, 0.2) is 119 Å². The van der Waals surface area contributed by atoms with Crippen LogP contribution < -0.4 is 0 Å². The first-order valence-electron chi connectivity index (χ1n) is 16.0. The maximum Gasteiger partial charge on any atom is 0.161 e. The van der Waals surface area contributed by atoms with E-state index in [4.69, 9.17) is 4.74 Å². The summed E-state index contributed by atoms with van der Waals surface area (Å²) in [4.78, 5) is 24.2. The van der Waals surface area contributed by atoms with Crippen molar-refractivity contribution in [2.75, 3.05) is 7.11 Å². The van der Waals surface area contributed by atoms with Crippen LogP contribution in [0.4, 0.5) is 0 Å². The van der Waals surface area contributed by atoms with Gasteiger partial charge in [0.05, 0.1) is 6.10 Å². The lowest BCUT2D eigenvalue weighted by molar-refractivity contribution is -0.124. The largest absolute Gasteiger partial charge is 0.381 e. The van der Waals surface area contributed by atoms with E-state index >= 15 is 0 Å². The van der Waals surface area contributed by atoms with Crippen LogP contribution in [0.1, 0.15) is 88.0 Å². The van der Waals surface area contributed by atoms with E-state index in [1.165, 1.54) is 22.3 Å². The summed E-state index contributed by atoms with van der Waals surface area (Å²) in [6.07, 6.45) is 33.5. The summed E-state index contributed by atoms with van der Waals surface area (Å²) in [6.45, 7) is 19.1. The van der Waals surface area contributed by atoms with Gasteiger partial charge < -0.3 is 9.53 Å². The lowest BCUT2D eigenvalue weighted by Gasteiger charge is -2.36. The summed E-state index contributed by atoms with van der Waals surface area (Å²) in [5.74, 6) is 0.644. The fraction of sp³-hybridized carbons (Fsp3) is 0.463. The number of allylic oxidation sites excluding steroid dienone is 20. The zero-order valence-electron chi connectivity index (χ0n) is 28.9. The highest BCUT2D eigenvalue weighted by Gasteiger charge is 2.45. The monoisotopic (exact) mass is 596 g/mol. The first-order valence-corrected chi connectivity index (χ1v) is 16.0. The van der Waals surface area contributed by atoms with Crippen molar-refractivity contribution in [3.8, 4) is 0 Å². The maximum absolute atomic E-state index is 12.9. The predicted molar refractivity (Wildman–Crippen MR) is 188 cm³/mol. The van der Waals surface area contributed by atoms with E-state index in [0.29, 0.717) is 5.92 Å². The summed E-state index contributed by atoms with van der Waals surface area (Å²) in [6, 6.07) is 0. The fourth-order valence-corrected chi connectivity index (χ4v) is 6.27. The number of rotatable bonds is 13. The summed E-state index contributed by atoms with van der Waals surface area (Å²) < 4.78 is 5.51. The van der Waals surface area contributed by atoms with Crippen LogP contribution in [0, 0.1) is 22.7 Å². The quantitative estimate of drug-likeness (QED) is 0.121. The van der Waals surface area contributed by atoms with E-state index in [1.807, 2.05) is 31.2 Å². The van der Waals surface area contributed by atoms with Gasteiger partial charge in [0.15, 0.2) is 5.78 Å². The molecule has 3 nitrogen and oxygen atoms in total. The van der Waals surface area contributed by atoms with Crippen LogP contribution in [0.2, 0.25) is 0 Å². The third-order valence-corrected chi connectivity index (χ3v) is 9.25. The minimum Gasteiger partial charge on any atom is -0.381 e. The Morgan fingerprint density at radius 3 is 1.80 bits per heavy atom. The molecule has 0 bridgehead atoms. The molecule has 2 aliphatic carbocycles. The Kier molecular flexibility index (Phi) is 14.5. The smallest absolute Gasteiger partial charge is 0.161 e. The van der Waals surface area contributed by atoms with Crippen molar-refractivity contribution in [2.24, 2.45) is 22.7 Å². The third-order valence-electron chi connectivity index (χ3n) is 9.25. The van der Waals surface area contributed by atoms with Crippen LogP contribution in [-0.4, -0.2) is 25.3 Å². The average molecular weight is 597 g/mol. The Bertz CT molecular complexity index is 1330. The van der Waals surface area contributed by atoms with Crippen molar-refractivity contribution >= 4 is 12.1 Å². The van der Waals surface area contributed by atoms with Gasteiger partial charge in [0.1, 0.15) is 6.29 Å². The van der Waals surface area contributed by atoms with Crippen molar-refractivity contribution in [3.63, 3.8) is 0 Å². The molecule has 0 N–H and O–H groups in total. The third kappa shape index (κ3) is 11.3. The first kappa shape index (κ1) is 36.9. The highest BCUT2D eigenvalue weighted by Crippen LogP contribution is 2.45. The van der Waals surface area contributed by atoms with Gasteiger partial charge in [-0.2, -0.15) is 0 Å². The highest BCUT2D eigenvalue weighted by molar-refractivity contribution is 5.95. The summed E-state index contributed by atoms with van der Waals surface area (Å²) >= 11 is 0. The van der Waals surface area contributed by atoms with Gasteiger partial charge >= 0.3 is 0 Å². The second-order valence-electron chi connectivity index (χ2n) is 13.8. The molecule has 0 spiro atoms. The Hall–Kier alpha value is -3.30. The second kappa shape index (κ2) is 17.3. The maximum atomic E-state index is 12.9. The highest BCUT2D eigenvalue weighted by atomic mass is 16.5. The van der Waals surface area contributed by atoms with Crippen molar-refractivity contribution in [1.29, 1.82) is 0 Å². The van der Waals surface area contributed by atoms with Gasteiger partial charge in [0, 0.05) is 18.4 Å². The SMILES string of the molecule is COC1C[C@@H](C)[C@](C)(C(=O)/C=C/C(C)=C/C=C/C(C)=C/C=C/C=C(C)/C=C/C=C(C)/C=C/C2=C(C)CC(C=O)CC2(C)C)C1. The molecule has 0 aliphatic heterocycles. The molecule has 1 saturated carbocycles. The van der Waals surface area contributed by atoms with Crippen LogP contribution >= 0.6 is 0 Å². The molecule has 2 unspecified atom stereocenters. The number of hydrogen-bond acceptors (Lipinski definition) is 3. The molecule has 3 heteroatoms. The average Bonchev–Trinajstić information content (AvgIpc) is 3.27. The topological polar surface area (TPSA) is 43.4 Å². The molecular formula is C41H56O3. The fourth-order valence-electron chi connectivity index (χ4n) is 6.27. The molecule has 2 rings (SSSR count). The normalized spacial score (nSPS) is 27.7. The van der Waals surface area contributed by atoms with Crippen molar-refractivity contribution < 1.29 is 14.3 Å². The lowest BCUT2D eigenvalue weighted by Crippen LogP contribution is -2.29. The molecule has 0 amide bonds. The molecule has 0 heterocycles. The number of ketones is 1. The van der Waals surface area contributed by atoms with E-state index < -0.39 is 0 Å². The zero-order valence-corrected chi connectivity index (χ0v) is 28.9. The van der Waals surface area contributed by atoms with E-state index in [0.717, 1.165) is 43.1 Å². The molecule has 238 valence electrons. The first-order chi connectivity index (χ1) is 20.7. The molecule has 0 radical (unpaired) electrons. The number of carbonyl (C=O) groups is 2. The van der Waals surface area contributed by atoms with Gasteiger partial charge in [-0.05, 0) is 83.3 Å². The number of carbonyl (C=O) groups excluding carboxylic acids is 2. The molecule has 0 aromatic rings. The lowest BCUT2D eigenvalue weighted by atomic mass is 9.68. The Morgan fingerprint density at radius 2 is 1.30 bits per heavy atom. The van der Waals surface area contributed by atoms with E-state index in [-0.39, 0.29) is 28.6 Å². The van der Waals surface area contributed by atoms with Gasteiger partial charge in [0.2, 0.25) is 0 Å². The van der Waals surface area contributed by atoms with Crippen LogP contribution in [0.25, 0.3) is 0 Å². The second-order valence-corrected chi connectivity index (χ2v) is 13.8. The number of hydrogen-bond donors (Lipinski definition) is 0. The van der Waals surface area contributed by atoms with Gasteiger partial charge in [-0.1, -0.05) is 135 Å². The molecule has 2 aliphatic rings. The van der Waals surface area contributed by atoms with Crippen molar-refractivity contribution in [3.05, 3.63) is 119 Å². The number of methoxy groups -OCH3 is 1. The Balaban J connectivity index is 1.88. The van der Waals surface area contributed by atoms with E-state index in [2.05, 4.69) is 110 Å². The van der Waals surface area contributed by atoms with Gasteiger partial charge in [0.25, 0.3) is 0 Å². The van der Waals surface area contributed by atoms with Crippen LogP contribution in [-0.2, 0) is 14.3 Å². The minimum absolute atomic E-state index is 0.0188. The van der Waals surface area contributed by atoms with Gasteiger partial charge in [-0.3, -0.25) is 4.79 Å². The van der Waals surface area contributed by atoms with Gasteiger partial charge in [-0.15, -0.1) is 0 Å². The van der Waals surface area contributed by atoms with Crippen LogP contribution in [0.3, 0.4) is 0 Å². The molecule has 0 saturated heterocycles. The Morgan fingerprint density at radius 1 is 0.773 bits per heavy atom. The van der Waals surface area contributed by atoms with Crippen molar-refractivity contribution in [2.45, 2.75) is 94.1 Å². The standard InChI is InChI=1S/C41H56O3/c1-30(17-13-19-32(3)21-23-38-34(5)25-36(29-42)27-40(38,7)8)15-11-12-16-31(2)18-14-20-33(4)22-24-39(43)41(9)28-37(44-10)26-35(41)6/h11-24,29,35-37H,25-28H2,1-10H3/b12-11+,17-13+,18-14+,23-21+,24-22+,30-15+,31-16+,32-19+,33-20+/t35-,36?,37?,41-/m1/s1. The zero-order chi connectivity index (χ0) is 32.9. The van der Waals surface area contributed by atoms with E-state index in [9.17, 15) is 9.59 Å². The Labute approximate surface area is 268 Å². The number of ether oxygens (including phenoxy) is 1. The molecule has 0 aromatic heterocycles. The molecule has 4 atom stereocenters. The summed E-state index contributed by atoms with van der Waals surface area (Å²) in [5.41, 5.74) is 6.88. The summed E-state index contributed by atoms with van der Waals surface area (Å²) in [5, 5.41) is 0. The molecule has 0 aromatic carbocycles. The van der Waals surface area contributed by atoms with Crippen LogP contribution in [0.5, 0.6) is 0 Å². The van der Waals surface area contributed by atoms with Gasteiger partial charge in [-0.25, -0.2) is 0 Å². The molecule has 1 fully saturated rings.